The van der Waals surface area contributed by atoms with Gasteiger partial charge in [0.05, 0.1) is 10.4 Å². The van der Waals surface area contributed by atoms with Gasteiger partial charge in [-0.3, -0.25) is 0 Å². The Balaban J connectivity index is 1.75. The molecule has 110 valence electrons. The van der Waals surface area contributed by atoms with Crippen molar-refractivity contribution in [2.24, 2.45) is 0 Å². The maximum atomic E-state index is 12.4. The fraction of sp³-hybridized carbons (Fsp3) is 0.273. The molecule has 0 aliphatic rings. The zero-order chi connectivity index (χ0) is 14.9. The van der Waals surface area contributed by atoms with Gasteiger partial charge in [0, 0.05) is 11.1 Å². The van der Waals surface area contributed by atoms with E-state index < -0.39 is 12.7 Å². The summed E-state index contributed by atoms with van der Waals surface area (Å²) in [5.41, 5.74) is 0.821. The van der Waals surface area contributed by atoms with Crippen molar-refractivity contribution >= 4 is 33.4 Å². The Bertz CT molecular complexity index is 751. The third-order valence-corrected chi connectivity index (χ3v) is 4.45. The summed E-state index contributed by atoms with van der Waals surface area (Å²) in [5, 5.41) is 11.4. The molecule has 0 bridgehead atoms. The number of hydrogen-bond acceptors (Lipinski definition) is 6. The highest BCUT2D eigenvalue weighted by molar-refractivity contribution is 7.98. The van der Waals surface area contributed by atoms with Crippen LogP contribution in [0.25, 0.3) is 10.1 Å². The second-order valence-electron chi connectivity index (χ2n) is 4.15. The average molecular weight is 331 g/mol. The summed E-state index contributed by atoms with van der Waals surface area (Å²) in [5.74, 6) is 0.419. The summed E-state index contributed by atoms with van der Waals surface area (Å²) in [4.78, 5) is 0. The summed E-state index contributed by atoms with van der Waals surface area (Å²) in [7, 11) is 0. The maximum absolute atomic E-state index is 12.4. The first-order chi connectivity index (χ1) is 10.0. The lowest BCUT2D eigenvalue weighted by Gasteiger charge is -2.06. The van der Waals surface area contributed by atoms with Crippen LogP contribution < -0.4 is 0 Å². The first kappa shape index (κ1) is 14.3. The van der Waals surface area contributed by atoms with Crippen molar-refractivity contribution in [1.29, 1.82) is 0 Å². The molecule has 0 saturated carbocycles. The van der Waals surface area contributed by atoms with Gasteiger partial charge < -0.3 is 0 Å². The van der Waals surface area contributed by atoms with Gasteiger partial charge in [-0.2, -0.15) is 17.5 Å². The third kappa shape index (κ3) is 3.32. The number of benzene rings is 1. The van der Waals surface area contributed by atoms with Crippen LogP contribution >= 0.6 is 23.3 Å². The Morgan fingerprint density at radius 3 is 2.86 bits per heavy atom. The highest BCUT2D eigenvalue weighted by Gasteiger charge is 2.30. The molecule has 0 spiro atoms. The lowest BCUT2D eigenvalue weighted by molar-refractivity contribution is -0.144. The van der Waals surface area contributed by atoms with E-state index in [0.29, 0.717) is 5.75 Å². The average Bonchev–Trinajstić information content (AvgIpc) is 3.01. The highest BCUT2D eigenvalue weighted by atomic mass is 32.2. The monoisotopic (exact) mass is 331 g/mol. The maximum Gasteiger partial charge on any atom is 0.408 e. The van der Waals surface area contributed by atoms with Gasteiger partial charge in [0.25, 0.3) is 0 Å². The number of halogens is 3. The summed E-state index contributed by atoms with van der Waals surface area (Å²) in [6, 6.07) is 7.71. The number of fused-ring (bicyclic) bond motifs is 1. The lowest BCUT2D eigenvalue weighted by Crippen LogP contribution is -2.19. The van der Waals surface area contributed by atoms with Crippen LogP contribution in [0.5, 0.6) is 0 Å². The molecule has 0 aliphatic heterocycles. The fourth-order valence-corrected chi connectivity index (χ4v) is 3.45. The van der Waals surface area contributed by atoms with E-state index in [1.54, 1.807) is 0 Å². The summed E-state index contributed by atoms with van der Waals surface area (Å²) >= 11 is 2.50. The van der Waals surface area contributed by atoms with E-state index in [0.717, 1.165) is 32.2 Å². The molecule has 2 aromatic heterocycles. The number of aromatic nitrogens is 5. The van der Waals surface area contributed by atoms with Crippen LogP contribution in [0.3, 0.4) is 0 Å². The minimum Gasteiger partial charge on any atom is -0.211 e. The number of tetrazole rings is 1. The van der Waals surface area contributed by atoms with Crippen molar-refractivity contribution in [3.63, 3.8) is 0 Å². The molecule has 3 aromatic rings. The molecular formula is C11H8F3N5S2. The third-order valence-electron chi connectivity index (χ3n) is 2.62. The molecule has 21 heavy (non-hydrogen) atoms. The quantitative estimate of drug-likeness (QED) is 0.688. The second-order valence-corrected chi connectivity index (χ2v) is 5.90. The highest BCUT2D eigenvalue weighted by Crippen LogP contribution is 2.28. The second kappa shape index (κ2) is 5.60. The molecule has 0 amide bonds. The molecule has 5 nitrogen and oxygen atoms in total. The molecular weight excluding hydrogens is 323 g/mol. The molecule has 10 heteroatoms. The standard InChI is InChI=1S/C11H8F3N5S2/c12-11(13,14)6-19-10(15-17-18-19)20-5-8-7-3-1-2-4-9(7)21-16-8/h1-4H,5-6H2. The van der Waals surface area contributed by atoms with Gasteiger partial charge in [0.15, 0.2) is 0 Å². The van der Waals surface area contributed by atoms with Gasteiger partial charge in [-0.25, -0.2) is 4.68 Å². The Morgan fingerprint density at radius 2 is 2.05 bits per heavy atom. The van der Waals surface area contributed by atoms with Crippen molar-refractivity contribution in [2.75, 3.05) is 0 Å². The van der Waals surface area contributed by atoms with E-state index in [2.05, 4.69) is 19.9 Å². The number of rotatable bonds is 4. The van der Waals surface area contributed by atoms with Gasteiger partial charge in [0.2, 0.25) is 5.16 Å². The Hall–Kier alpha value is -1.68. The molecule has 0 radical (unpaired) electrons. The van der Waals surface area contributed by atoms with E-state index >= 15 is 0 Å². The van der Waals surface area contributed by atoms with E-state index in [4.69, 9.17) is 0 Å². The molecule has 3 rings (SSSR count). The minimum atomic E-state index is -4.35. The molecule has 0 saturated heterocycles. The summed E-state index contributed by atoms with van der Waals surface area (Å²) in [6.45, 7) is -1.19. The largest absolute Gasteiger partial charge is 0.408 e. The molecule has 0 N–H and O–H groups in total. The first-order valence-corrected chi connectivity index (χ1v) is 7.58. The topological polar surface area (TPSA) is 56.5 Å². The zero-order valence-electron chi connectivity index (χ0n) is 10.4. The van der Waals surface area contributed by atoms with Crippen LogP contribution in [-0.4, -0.2) is 30.8 Å². The number of alkyl halides is 3. The summed E-state index contributed by atoms with van der Waals surface area (Å²) < 4.78 is 43.3. The molecule has 0 fully saturated rings. The fourth-order valence-electron chi connectivity index (χ4n) is 1.74. The number of thioether (sulfide) groups is 1. The van der Waals surface area contributed by atoms with Crippen molar-refractivity contribution in [2.45, 2.75) is 23.6 Å². The molecule has 2 heterocycles. The predicted octanol–water partition coefficient (Wildman–Crippen LogP) is 3.14. The first-order valence-electron chi connectivity index (χ1n) is 5.82. The van der Waals surface area contributed by atoms with Crippen molar-refractivity contribution in [3.8, 4) is 0 Å². The van der Waals surface area contributed by atoms with E-state index in [1.807, 2.05) is 24.3 Å². The van der Waals surface area contributed by atoms with Crippen molar-refractivity contribution in [3.05, 3.63) is 30.0 Å². The molecule has 0 atom stereocenters. The zero-order valence-corrected chi connectivity index (χ0v) is 12.0. The van der Waals surface area contributed by atoms with Crippen LogP contribution in [0.1, 0.15) is 5.69 Å². The number of nitrogens with zero attached hydrogens (tertiary/aromatic N) is 5. The Morgan fingerprint density at radius 1 is 1.24 bits per heavy atom. The van der Waals surface area contributed by atoms with E-state index in [1.165, 1.54) is 11.5 Å². The van der Waals surface area contributed by atoms with E-state index in [-0.39, 0.29) is 5.16 Å². The van der Waals surface area contributed by atoms with Crippen molar-refractivity contribution < 1.29 is 13.2 Å². The number of hydrogen-bond donors (Lipinski definition) is 0. The van der Waals surface area contributed by atoms with Crippen LogP contribution in [0.15, 0.2) is 29.4 Å². The van der Waals surface area contributed by atoms with Crippen LogP contribution in [0.2, 0.25) is 0 Å². The van der Waals surface area contributed by atoms with Gasteiger partial charge in [-0.1, -0.05) is 30.0 Å². The Kier molecular flexibility index (Phi) is 3.81. The molecule has 1 aromatic carbocycles. The van der Waals surface area contributed by atoms with Gasteiger partial charge in [-0.05, 0) is 28.0 Å². The molecule has 0 aliphatic carbocycles. The normalized spacial score (nSPS) is 12.1. The van der Waals surface area contributed by atoms with Crippen LogP contribution in [0.4, 0.5) is 13.2 Å². The van der Waals surface area contributed by atoms with Gasteiger partial charge in [-0.15, -0.1) is 5.10 Å². The van der Waals surface area contributed by atoms with Gasteiger partial charge in [0.1, 0.15) is 6.54 Å². The SMILES string of the molecule is FC(F)(F)Cn1nnnc1SCc1nsc2ccccc12. The van der Waals surface area contributed by atoms with Crippen LogP contribution in [-0.2, 0) is 12.3 Å². The predicted molar refractivity (Wildman–Crippen MR) is 73.1 cm³/mol. The smallest absolute Gasteiger partial charge is 0.211 e. The molecule has 0 unspecified atom stereocenters. The lowest BCUT2D eigenvalue weighted by atomic mass is 10.2. The van der Waals surface area contributed by atoms with Crippen molar-refractivity contribution in [1.82, 2.24) is 24.6 Å². The Labute approximate surface area is 125 Å². The minimum absolute atomic E-state index is 0.129. The van der Waals surface area contributed by atoms with Gasteiger partial charge >= 0.3 is 6.18 Å². The summed E-state index contributed by atoms with van der Waals surface area (Å²) in [6.07, 6.45) is -4.35. The van der Waals surface area contributed by atoms with E-state index in [9.17, 15) is 13.2 Å². The van der Waals surface area contributed by atoms with Crippen LogP contribution in [0, 0.1) is 0 Å².